The largest absolute Gasteiger partial charge is 0.241 e. The molecule has 3 aromatic rings. The number of aliphatic imine (C=N–C) groups is 1. The highest BCUT2D eigenvalue weighted by atomic mass is 32.2. The summed E-state index contributed by atoms with van der Waals surface area (Å²) < 4.78 is 0. The molecule has 0 unspecified atom stereocenters. The van der Waals surface area contributed by atoms with Gasteiger partial charge >= 0.3 is 0 Å². The number of nitrogens with zero attached hydrogens (tertiary/aromatic N) is 1. The van der Waals surface area contributed by atoms with E-state index in [0.717, 1.165) is 16.3 Å². The Balaban J connectivity index is 1.90. The number of hydrogen-bond acceptors (Lipinski definition) is 3. The fourth-order valence-electron chi connectivity index (χ4n) is 2.30. The lowest BCUT2D eigenvalue weighted by molar-refractivity contribution is 1.39. The molecular weight excluding hydrogens is 354 g/mol. The van der Waals surface area contributed by atoms with Gasteiger partial charge in [0.1, 0.15) is 5.04 Å². The van der Waals surface area contributed by atoms with Gasteiger partial charge in [0, 0.05) is 9.79 Å². The summed E-state index contributed by atoms with van der Waals surface area (Å²) in [7, 11) is 0. The van der Waals surface area contributed by atoms with Crippen molar-refractivity contribution in [3.8, 4) is 0 Å². The molecule has 0 atom stereocenters. The molecule has 0 aromatic heterocycles. The van der Waals surface area contributed by atoms with Gasteiger partial charge in [0.2, 0.25) is 0 Å². The molecule has 0 aliphatic rings. The van der Waals surface area contributed by atoms with Crippen LogP contribution in [0.4, 0.5) is 5.69 Å². The van der Waals surface area contributed by atoms with Gasteiger partial charge in [-0.15, -0.1) is 0 Å². The fourth-order valence-corrected chi connectivity index (χ4v) is 3.99. The summed E-state index contributed by atoms with van der Waals surface area (Å²) >= 11 is 3.43. The third-order valence-electron chi connectivity index (χ3n) is 3.75. The molecule has 0 aliphatic carbocycles. The van der Waals surface area contributed by atoms with E-state index in [0.29, 0.717) is 0 Å². The highest BCUT2D eigenvalue weighted by Crippen LogP contribution is 2.30. The van der Waals surface area contributed by atoms with E-state index in [9.17, 15) is 0 Å². The zero-order valence-corrected chi connectivity index (χ0v) is 16.6. The van der Waals surface area contributed by atoms with E-state index in [-0.39, 0.29) is 0 Å². The van der Waals surface area contributed by atoms with Crippen molar-refractivity contribution in [3.05, 3.63) is 101 Å². The first-order valence-corrected chi connectivity index (χ1v) is 10.2. The lowest BCUT2D eigenvalue weighted by Crippen LogP contribution is -1.94. The third-order valence-corrected chi connectivity index (χ3v) is 5.88. The molecule has 0 bridgehead atoms. The van der Waals surface area contributed by atoms with E-state index in [1.807, 2.05) is 24.3 Å². The van der Waals surface area contributed by atoms with E-state index in [1.54, 1.807) is 23.5 Å². The van der Waals surface area contributed by atoms with Crippen LogP contribution in [0.5, 0.6) is 0 Å². The van der Waals surface area contributed by atoms with Gasteiger partial charge in [-0.3, -0.25) is 0 Å². The first-order valence-electron chi connectivity index (χ1n) is 8.48. The van der Waals surface area contributed by atoms with Crippen LogP contribution in [0.1, 0.15) is 12.5 Å². The van der Waals surface area contributed by atoms with Gasteiger partial charge in [0.15, 0.2) is 0 Å². The number of thioether (sulfide) groups is 2. The van der Waals surface area contributed by atoms with E-state index in [4.69, 9.17) is 4.99 Å². The highest BCUT2D eigenvalue weighted by Gasteiger charge is 2.07. The second-order valence-corrected chi connectivity index (χ2v) is 7.86. The Morgan fingerprint density at radius 3 is 2.00 bits per heavy atom. The lowest BCUT2D eigenvalue weighted by Gasteiger charge is -2.09. The van der Waals surface area contributed by atoms with Gasteiger partial charge in [-0.25, -0.2) is 4.99 Å². The Kier molecular flexibility index (Phi) is 6.75. The zero-order valence-electron chi connectivity index (χ0n) is 14.9. The standard InChI is InChI=1S/C23H21NS2/c1-18-11-9-10-16-22(18)24-23(26-21-14-7-4-8-15-21)19(2)17-25-20-12-5-3-6-13-20/h3-17H,1-2H3. The number of para-hydroxylation sites is 1. The molecule has 0 heterocycles. The zero-order chi connectivity index (χ0) is 18.2. The van der Waals surface area contributed by atoms with Crippen LogP contribution < -0.4 is 0 Å². The van der Waals surface area contributed by atoms with Gasteiger partial charge in [-0.1, -0.05) is 78.1 Å². The van der Waals surface area contributed by atoms with Gasteiger partial charge in [-0.05, 0) is 60.7 Å². The molecule has 3 rings (SSSR count). The molecule has 0 fully saturated rings. The Morgan fingerprint density at radius 1 is 0.769 bits per heavy atom. The molecule has 0 radical (unpaired) electrons. The molecule has 1 nitrogen and oxygen atoms in total. The third kappa shape index (κ3) is 5.38. The average Bonchev–Trinajstić information content (AvgIpc) is 2.69. The summed E-state index contributed by atoms with van der Waals surface area (Å²) in [4.78, 5) is 7.38. The first-order chi connectivity index (χ1) is 12.7. The molecule has 3 aromatic carbocycles. The molecule has 0 aliphatic heterocycles. The molecule has 3 heteroatoms. The quantitative estimate of drug-likeness (QED) is 0.260. The maximum Gasteiger partial charge on any atom is 0.105 e. The Hall–Kier alpha value is -2.23. The van der Waals surface area contributed by atoms with Gasteiger partial charge < -0.3 is 0 Å². The smallest absolute Gasteiger partial charge is 0.105 e. The summed E-state index contributed by atoms with van der Waals surface area (Å²) in [6.45, 7) is 4.23. The molecule has 0 saturated carbocycles. The lowest BCUT2D eigenvalue weighted by atomic mass is 10.2. The predicted octanol–water partition coefficient (Wildman–Crippen LogP) is 7.51. The van der Waals surface area contributed by atoms with Crippen molar-refractivity contribution in [2.24, 2.45) is 4.99 Å². The van der Waals surface area contributed by atoms with Crippen LogP contribution in [0, 0.1) is 6.92 Å². The minimum Gasteiger partial charge on any atom is -0.241 e. The van der Waals surface area contributed by atoms with Crippen LogP contribution in [0.3, 0.4) is 0 Å². The molecule has 26 heavy (non-hydrogen) atoms. The first kappa shape index (κ1) is 18.6. The van der Waals surface area contributed by atoms with Crippen molar-refractivity contribution in [2.45, 2.75) is 23.6 Å². The van der Waals surface area contributed by atoms with Crippen LogP contribution in [0.25, 0.3) is 0 Å². The van der Waals surface area contributed by atoms with Crippen molar-refractivity contribution in [3.63, 3.8) is 0 Å². The summed E-state index contributed by atoms with van der Waals surface area (Å²) in [6.07, 6.45) is 0. The minimum atomic E-state index is 1.02. The van der Waals surface area contributed by atoms with Crippen molar-refractivity contribution in [1.29, 1.82) is 0 Å². The number of hydrogen-bond donors (Lipinski definition) is 0. The topological polar surface area (TPSA) is 12.4 Å². The van der Waals surface area contributed by atoms with Crippen molar-refractivity contribution >= 4 is 34.3 Å². The molecule has 0 spiro atoms. The van der Waals surface area contributed by atoms with Crippen LogP contribution >= 0.6 is 23.5 Å². The van der Waals surface area contributed by atoms with Crippen molar-refractivity contribution in [1.82, 2.24) is 0 Å². The number of aryl methyl sites for hydroxylation is 1. The van der Waals surface area contributed by atoms with Crippen LogP contribution in [0.15, 0.2) is 111 Å². The van der Waals surface area contributed by atoms with E-state index >= 15 is 0 Å². The van der Waals surface area contributed by atoms with E-state index in [2.05, 4.69) is 79.9 Å². The average molecular weight is 376 g/mol. The SMILES string of the molecule is CC(=CSc1ccccc1)C(=Nc1ccccc1C)Sc1ccccc1. The van der Waals surface area contributed by atoms with Crippen LogP contribution in [-0.4, -0.2) is 5.04 Å². The Bertz CT molecular complexity index is 900. The highest BCUT2D eigenvalue weighted by molar-refractivity contribution is 8.14. The molecular formula is C23H21NS2. The van der Waals surface area contributed by atoms with Gasteiger partial charge in [0.25, 0.3) is 0 Å². The van der Waals surface area contributed by atoms with Crippen LogP contribution in [0.2, 0.25) is 0 Å². The molecule has 0 amide bonds. The Labute approximate surface area is 164 Å². The monoisotopic (exact) mass is 375 g/mol. The summed E-state index contributed by atoms with van der Waals surface area (Å²) in [5, 5.41) is 3.21. The normalized spacial score (nSPS) is 12.2. The molecule has 0 N–H and O–H groups in total. The summed E-state index contributed by atoms with van der Waals surface area (Å²) in [5.41, 5.74) is 3.36. The Morgan fingerprint density at radius 2 is 1.35 bits per heavy atom. The van der Waals surface area contributed by atoms with Gasteiger partial charge in [0.05, 0.1) is 5.69 Å². The van der Waals surface area contributed by atoms with Crippen molar-refractivity contribution in [2.75, 3.05) is 0 Å². The number of benzene rings is 3. The van der Waals surface area contributed by atoms with Crippen LogP contribution in [-0.2, 0) is 0 Å². The van der Waals surface area contributed by atoms with Gasteiger partial charge in [-0.2, -0.15) is 0 Å². The second-order valence-electron chi connectivity index (χ2n) is 5.85. The minimum absolute atomic E-state index is 1.02. The van der Waals surface area contributed by atoms with Crippen molar-refractivity contribution < 1.29 is 0 Å². The summed E-state index contributed by atoms with van der Waals surface area (Å²) in [5.74, 6) is 0. The second kappa shape index (κ2) is 9.46. The maximum atomic E-state index is 4.96. The van der Waals surface area contributed by atoms with E-state index < -0.39 is 0 Å². The predicted molar refractivity (Wildman–Crippen MR) is 117 cm³/mol. The molecule has 130 valence electrons. The number of rotatable bonds is 5. The molecule has 0 saturated heterocycles. The summed E-state index contributed by atoms with van der Waals surface area (Å²) in [6, 6.07) is 29.1. The van der Waals surface area contributed by atoms with E-state index in [1.165, 1.54) is 15.4 Å². The maximum absolute atomic E-state index is 4.96. The fraction of sp³-hybridized carbons (Fsp3) is 0.0870.